The Morgan fingerprint density at radius 3 is 2.92 bits per heavy atom. The maximum absolute atomic E-state index is 13.0. The Kier molecular flexibility index (Phi) is 4.85. The highest BCUT2D eigenvalue weighted by atomic mass is 16.5. The van der Waals surface area contributed by atoms with Gasteiger partial charge in [-0.1, -0.05) is 6.07 Å². The Morgan fingerprint density at radius 1 is 1.23 bits per heavy atom. The van der Waals surface area contributed by atoms with Crippen molar-refractivity contribution in [2.45, 2.75) is 12.6 Å². The van der Waals surface area contributed by atoms with Gasteiger partial charge in [-0.3, -0.25) is 14.7 Å². The molecule has 0 bridgehead atoms. The van der Waals surface area contributed by atoms with Crippen LogP contribution in [0.25, 0.3) is 5.65 Å². The largest absolute Gasteiger partial charge is 0.379 e. The molecule has 8 heteroatoms. The maximum atomic E-state index is 13.0. The zero-order valence-electron chi connectivity index (χ0n) is 14.3. The van der Waals surface area contributed by atoms with Gasteiger partial charge in [0.05, 0.1) is 19.4 Å². The van der Waals surface area contributed by atoms with E-state index in [-0.39, 0.29) is 11.9 Å². The van der Waals surface area contributed by atoms with E-state index in [0.717, 1.165) is 16.8 Å². The highest BCUT2D eigenvalue weighted by molar-refractivity contribution is 5.83. The van der Waals surface area contributed by atoms with Crippen molar-refractivity contribution in [3.05, 3.63) is 60.3 Å². The summed E-state index contributed by atoms with van der Waals surface area (Å²) in [7, 11) is 0. The van der Waals surface area contributed by atoms with Gasteiger partial charge in [-0.05, 0) is 17.7 Å². The van der Waals surface area contributed by atoms with E-state index >= 15 is 0 Å². The van der Waals surface area contributed by atoms with Gasteiger partial charge >= 0.3 is 0 Å². The van der Waals surface area contributed by atoms with E-state index in [1.54, 1.807) is 29.3 Å². The first-order chi connectivity index (χ1) is 12.8. The van der Waals surface area contributed by atoms with E-state index in [0.29, 0.717) is 32.8 Å². The van der Waals surface area contributed by atoms with Gasteiger partial charge in [-0.25, -0.2) is 9.50 Å². The number of hydrogen-bond donors (Lipinski definition) is 1. The molecule has 1 fully saturated rings. The number of nitrogens with one attached hydrogen (secondary N) is 1. The van der Waals surface area contributed by atoms with Crippen molar-refractivity contribution in [2.24, 2.45) is 0 Å². The van der Waals surface area contributed by atoms with Crippen LogP contribution in [0, 0.1) is 0 Å². The summed E-state index contributed by atoms with van der Waals surface area (Å²) in [6, 6.07) is 5.22. The number of pyridine rings is 1. The maximum Gasteiger partial charge on any atom is 0.242 e. The van der Waals surface area contributed by atoms with Gasteiger partial charge in [0.25, 0.3) is 0 Å². The fraction of sp³-hybridized carbons (Fsp3) is 0.333. The van der Waals surface area contributed by atoms with Crippen molar-refractivity contribution >= 4 is 11.6 Å². The van der Waals surface area contributed by atoms with Gasteiger partial charge < -0.3 is 10.1 Å². The smallest absolute Gasteiger partial charge is 0.242 e. The van der Waals surface area contributed by atoms with E-state index in [1.165, 1.54) is 0 Å². The van der Waals surface area contributed by atoms with Crippen LogP contribution in [0.1, 0.15) is 17.2 Å². The van der Waals surface area contributed by atoms with Crippen LogP contribution in [0.2, 0.25) is 0 Å². The van der Waals surface area contributed by atoms with Gasteiger partial charge in [-0.15, -0.1) is 0 Å². The van der Waals surface area contributed by atoms with Gasteiger partial charge in [-0.2, -0.15) is 5.10 Å². The normalized spacial score (nSPS) is 16.5. The summed E-state index contributed by atoms with van der Waals surface area (Å²) in [5.74, 6) is -0.0600. The summed E-state index contributed by atoms with van der Waals surface area (Å²) in [5.41, 5.74) is 2.51. The van der Waals surface area contributed by atoms with Crippen LogP contribution in [-0.4, -0.2) is 56.7 Å². The molecule has 1 unspecified atom stereocenters. The standard InChI is InChI=1S/C18H20N6O2/c25-18(21-12-15-13-22-24-6-2-5-20-17(15)24)16(14-3-1-4-19-11-14)23-7-9-26-10-8-23/h1-6,11,13,16H,7-10,12H2,(H,21,25). The van der Waals surface area contributed by atoms with E-state index in [9.17, 15) is 4.79 Å². The lowest BCUT2D eigenvalue weighted by molar-refractivity contribution is -0.128. The van der Waals surface area contributed by atoms with Crippen molar-refractivity contribution in [1.82, 2.24) is 29.8 Å². The SMILES string of the molecule is O=C(NCc1cnn2cccnc12)C(c1cccnc1)N1CCOCC1. The Labute approximate surface area is 150 Å². The summed E-state index contributed by atoms with van der Waals surface area (Å²) in [6.07, 6.45) is 8.74. The molecule has 3 aromatic heterocycles. The Bertz CT molecular complexity index is 876. The average Bonchev–Trinajstić information content (AvgIpc) is 3.11. The summed E-state index contributed by atoms with van der Waals surface area (Å²) < 4.78 is 7.12. The van der Waals surface area contributed by atoms with Crippen molar-refractivity contribution in [3.8, 4) is 0 Å². The molecule has 0 spiro atoms. The minimum atomic E-state index is -0.387. The number of morpholine rings is 1. The first-order valence-electron chi connectivity index (χ1n) is 8.59. The number of nitrogens with zero attached hydrogens (tertiary/aromatic N) is 5. The molecule has 0 saturated carbocycles. The minimum absolute atomic E-state index is 0.0600. The molecule has 4 rings (SSSR count). The third kappa shape index (κ3) is 3.42. The van der Waals surface area contributed by atoms with Crippen molar-refractivity contribution in [2.75, 3.05) is 26.3 Å². The number of hydrogen-bond acceptors (Lipinski definition) is 6. The molecule has 4 heterocycles. The second kappa shape index (κ2) is 7.59. The molecule has 8 nitrogen and oxygen atoms in total. The topological polar surface area (TPSA) is 84.7 Å². The van der Waals surface area contributed by atoms with Crippen LogP contribution in [0.3, 0.4) is 0 Å². The second-order valence-electron chi connectivity index (χ2n) is 6.11. The van der Waals surface area contributed by atoms with Gasteiger partial charge in [0.15, 0.2) is 5.65 Å². The van der Waals surface area contributed by atoms with E-state index < -0.39 is 0 Å². The monoisotopic (exact) mass is 352 g/mol. The number of fused-ring (bicyclic) bond motifs is 1. The number of aromatic nitrogens is 4. The van der Waals surface area contributed by atoms with E-state index in [1.807, 2.05) is 24.4 Å². The molecule has 0 aliphatic carbocycles. The Balaban J connectivity index is 1.52. The lowest BCUT2D eigenvalue weighted by Crippen LogP contribution is -2.45. The number of carbonyl (C=O) groups is 1. The first kappa shape index (κ1) is 16.6. The van der Waals surface area contributed by atoms with E-state index in [2.05, 4.69) is 25.3 Å². The fourth-order valence-electron chi connectivity index (χ4n) is 3.18. The lowest BCUT2D eigenvalue weighted by Gasteiger charge is -2.33. The van der Waals surface area contributed by atoms with Gasteiger partial charge in [0.2, 0.25) is 5.91 Å². The summed E-state index contributed by atoms with van der Waals surface area (Å²) in [4.78, 5) is 23.6. The number of ether oxygens (including phenoxy) is 1. The molecule has 1 aliphatic heterocycles. The minimum Gasteiger partial charge on any atom is -0.379 e. The van der Waals surface area contributed by atoms with Gasteiger partial charge in [0, 0.05) is 50.0 Å². The Morgan fingerprint density at radius 2 is 2.12 bits per heavy atom. The number of rotatable bonds is 5. The van der Waals surface area contributed by atoms with Crippen LogP contribution in [0.4, 0.5) is 0 Å². The average molecular weight is 352 g/mol. The molecule has 1 aliphatic rings. The molecule has 0 radical (unpaired) electrons. The number of carbonyl (C=O) groups excluding carboxylic acids is 1. The molecule has 1 saturated heterocycles. The summed E-state index contributed by atoms with van der Waals surface area (Å²) in [6.45, 7) is 3.06. The molecule has 1 atom stereocenters. The molecule has 26 heavy (non-hydrogen) atoms. The third-order valence-corrected chi connectivity index (χ3v) is 4.46. The van der Waals surface area contributed by atoms with Crippen molar-refractivity contribution in [1.29, 1.82) is 0 Å². The quantitative estimate of drug-likeness (QED) is 0.732. The molecular formula is C18H20N6O2. The summed E-state index contributed by atoms with van der Waals surface area (Å²) >= 11 is 0. The zero-order valence-corrected chi connectivity index (χ0v) is 14.3. The first-order valence-corrected chi connectivity index (χ1v) is 8.59. The molecule has 1 N–H and O–H groups in total. The van der Waals surface area contributed by atoms with Crippen LogP contribution in [0.5, 0.6) is 0 Å². The molecule has 134 valence electrons. The molecule has 1 amide bonds. The highest BCUT2D eigenvalue weighted by Crippen LogP contribution is 2.21. The number of amides is 1. The summed E-state index contributed by atoms with van der Waals surface area (Å²) in [5, 5.41) is 7.29. The van der Waals surface area contributed by atoms with Crippen LogP contribution >= 0.6 is 0 Å². The molecule has 3 aromatic rings. The van der Waals surface area contributed by atoms with Crippen LogP contribution in [-0.2, 0) is 16.1 Å². The Hall–Kier alpha value is -2.84. The van der Waals surface area contributed by atoms with Crippen molar-refractivity contribution in [3.63, 3.8) is 0 Å². The fourth-order valence-corrected chi connectivity index (χ4v) is 3.18. The zero-order chi connectivity index (χ0) is 17.8. The predicted molar refractivity (Wildman–Crippen MR) is 94.2 cm³/mol. The highest BCUT2D eigenvalue weighted by Gasteiger charge is 2.29. The second-order valence-corrected chi connectivity index (χ2v) is 6.11. The van der Waals surface area contributed by atoms with E-state index in [4.69, 9.17) is 4.74 Å². The van der Waals surface area contributed by atoms with Crippen molar-refractivity contribution < 1.29 is 9.53 Å². The lowest BCUT2D eigenvalue weighted by atomic mass is 10.1. The van der Waals surface area contributed by atoms with Crippen LogP contribution in [0.15, 0.2) is 49.2 Å². The molecular weight excluding hydrogens is 332 g/mol. The third-order valence-electron chi connectivity index (χ3n) is 4.46. The van der Waals surface area contributed by atoms with Crippen LogP contribution < -0.4 is 5.32 Å². The molecule has 0 aromatic carbocycles. The predicted octanol–water partition coefficient (Wildman–Crippen LogP) is 0.814. The van der Waals surface area contributed by atoms with Gasteiger partial charge in [0.1, 0.15) is 6.04 Å².